The molecule has 94 valence electrons. The van der Waals surface area contributed by atoms with E-state index in [1.165, 1.54) is 42.6 Å². The van der Waals surface area contributed by atoms with Gasteiger partial charge in [-0.2, -0.15) is 11.3 Å². The lowest BCUT2D eigenvalue weighted by atomic mass is 9.97. The van der Waals surface area contributed by atoms with E-state index in [0.717, 1.165) is 6.54 Å². The quantitative estimate of drug-likeness (QED) is 0.811. The summed E-state index contributed by atoms with van der Waals surface area (Å²) in [5, 5.41) is 4.44. The average Bonchev–Trinajstić information content (AvgIpc) is 2.89. The Kier molecular flexibility index (Phi) is 3.48. The second-order valence-electron chi connectivity index (χ2n) is 5.18. The van der Waals surface area contributed by atoms with Crippen molar-refractivity contribution in [3.05, 3.63) is 57.3 Å². The SMILES string of the molecule is Cc1ccc2c(c1)CN(CCc1ccsc1)CC2. The maximum atomic E-state index is 2.58. The minimum absolute atomic E-state index is 1.13. The van der Waals surface area contributed by atoms with Crippen LogP contribution < -0.4 is 0 Å². The van der Waals surface area contributed by atoms with Crippen LogP contribution in [0.1, 0.15) is 22.3 Å². The Bertz CT molecular complexity index is 516. The van der Waals surface area contributed by atoms with Gasteiger partial charge in [0.25, 0.3) is 0 Å². The van der Waals surface area contributed by atoms with Crippen LogP contribution in [-0.4, -0.2) is 18.0 Å². The average molecular weight is 257 g/mol. The van der Waals surface area contributed by atoms with Gasteiger partial charge in [0.05, 0.1) is 0 Å². The lowest BCUT2D eigenvalue weighted by molar-refractivity contribution is 0.257. The van der Waals surface area contributed by atoms with Gasteiger partial charge >= 0.3 is 0 Å². The summed E-state index contributed by atoms with van der Waals surface area (Å²) in [5.74, 6) is 0. The summed E-state index contributed by atoms with van der Waals surface area (Å²) in [5.41, 5.74) is 5.95. The molecule has 0 atom stereocenters. The predicted octanol–water partition coefficient (Wildman–Crippen LogP) is 3.66. The van der Waals surface area contributed by atoms with Crippen LogP contribution in [0.2, 0.25) is 0 Å². The van der Waals surface area contributed by atoms with Crippen molar-refractivity contribution in [2.75, 3.05) is 13.1 Å². The summed E-state index contributed by atoms with van der Waals surface area (Å²) < 4.78 is 0. The van der Waals surface area contributed by atoms with E-state index in [0.29, 0.717) is 0 Å². The van der Waals surface area contributed by atoms with Crippen molar-refractivity contribution >= 4 is 11.3 Å². The molecule has 1 aliphatic heterocycles. The molecule has 0 aliphatic carbocycles. The van der Waals surface area contributed by atoms with E-state index in [4.69, 9.17) is 0 Å². The van der Waals surface area contributed by atoms with Gasteiger partial charge in [-0.25, -0.2) is 0 Å². The molecule has 0 unspecified atom stereocenters. The first-order chi connectivity index (χ1) is 8.81. The molecule has 0 saturated heterocycles. The van der Waals surface area contributed by atoms with Crippen LogP contribution in [-0.2, 0) is 19.4 Å². The first-order valence-electron chi connectivity index (χ1n) is 6.63. The smallest absolute Gasteiger partial charge is 0.0236 e. The maximum Gasteiger partial charge on any atom is 0.0236 e. The molecule has 0 fully saturated rings. The molecular formula is C16H19NS. The lowest BCUT2D eigenvalue weighted by Gasteiger charge is -2.28. The van der Waals surface area contributed by atoms with Crippen molar-refractivity contribution in [2.45, 2.75) is 26.3 Å². The van der Waals surface area contributed by atoms with Crippen LogP contribution in [0.25, 0.3) is 0 Å². The number of benzene rings is 1. The minimum Gasteiger partial charge on any atom is -0.298 e. The van der Waals surface area contributed by atoms with Gasteiger partial charge in [-0.3, -0.25) is 4.90 Å². The summed E-state index contributed by atoms with van der Waals surface area (Å²) in [6.45, 7) is 5.70. The second kappa shape index (κ2) is 5.25. The molecule has 2 heterocycles. The number of nitrogens with zero attached hydrogens (tertiary/aromatic N) is 1. The lowest BCUT2D eigenvalue weighted by Crippen LogP contribution is -2.32. The molecule has 1 aliphatic rings. The number of aryl methyl sites for hydroxylation is 1. The molecule has 18 heavy (non-hydrogen) atoms. The van der Waals surface area contributed by atoms with E-state index in [-0.39, 0.29) is 0 Å². The molecular weight excluding hydrogens is 238 g/mol. The summed E-state index contributed by atoms with van der Waals surface area (Å²) >= 11 is 1.80. The standard InChI is InChI=1S/C16H19NS/c1-13-2-3-15-5-8-17(11-16(15)10-13)7-4-14-6-9-18-12-14/h2-3,6,9-10,12H,4-5,7-8,11H2,1H3. The Hall–Kier alpha value is -1.12. The third-order valence-corrected chi connectivity index (χ3v) is 4.48. The summed E-state index contributed by atoms with van der Waals surface area (Å²) in [7, 11) is 0. The van der Waals surface area contributed by atoms with Gasteiger partial charge < -0.3 is 0 Å². The van der Waals surface area contributed by atoms with Crippen molar-refractivity contribution < 1.29 is 0 Å². The minimum atomic E-state index is 1.13. The Morgan fingerprint density at radius 2 is 2.17 bits per heavy atom. The van der Waals surface area contributed by atoms with E-state index in [1.807, 2.05) is 0 Å². The number of hydrogen-bond donors (Lipinski definition) is 0. The molecule has 2 aromatic rings. The van der Waals surface area contributed by atoms with Gasteiger partial charge in [0.1, 0.15) is 0 Å². The topological polar surface area (TPSA) is 3.24 Å². The molecule has 0 N–H and O–H groups in total. The molecule has 0 spiro atoms. The van der Waals surface area contributed by atoms with Gasteiger partial charge in [0.2, 0.25) is 0 Å². The van der Waals surface area contributed by atoms with Gasteiger partial charge in [-0.15, -0.1) is 0 Å². The van der Waals surface area contributed by atoms with Crippen LogP contribution >= 0.6 is 11.3 Å². The summed E-state index contributed by atoms with van der Waals surface area (Å²) in [6, 6.07) is 9.14. The molecule has 1 nitrogen and oxygen atoms in total. The van der Waals surface area contributed by atoms with Crippen molar-refractivity contribution in [2.24, 2.45) is 0 Å². The Balaban J connectivity index is 1.63. The zero-order valence-electron chi connectivity index (χ0n) is 10.9. The van der Waals surface area contributed by atoms with Crippen LogP contribution in [0.15, 0.2) is 35.0 Å². The van der Waals surface area contributed by atoms with Gasteiger partial charge in [0, 0.05) is 19.6 Å². The maximum absolute atomic E-state index is 2.58. The molecule has 0 amide bonds. The number of hydrogen-bond acceptors (Lipinski definition) is 2. The Morgan fingerprint density at radius 3 is 3.00 bits per heavy atom. The van der Waals surface area contributed by atoms with Gasteiger partial charge in [0.15, 0.2) is 0 Å². The van der Waals surface area contributed by atoms with Gasteiger partial charge in [-0.05, 0) is 53.3 Å². The normalized spacial score (nSPS) is 15.6. The fourth-order valence-corrected chi connectivity index (χ4v) is 3.36. The highest BCUT2D eigenvalue weighted by Gasteiger charge is 2.15. The largest absolute Gasteiger partial charge is 0.298 e. The first-order valence-corrected chi connectivity index (χ1v) is 7.57. The fourth-order valence-electron chi connectivity index (χ4n) is 2.66. The molecule has 3 rings (SSSR count). The molecule has 1 aromatic carbocycles. The van der Waals surface area contributed by atoms with Crippen LogP contribution in [0.3, 0.4) is 0 Å². The first kappa shape index (κ1) is 11.9. The van der Waals surface area contributed by atoms with E-state index < -0.39 is 0 Å². The van der Waals surface area contributed by atoms with E-state index in [1.54, 1.807) is 16.9 Å². The Labute approximate surface area is 113 Å². The van der Waals surface area contributed by atoms with Crippen LogP contribution in [0.4, 0.5) is 0 Å². The molecule has 1 aromatic heterocycles. The highest BCUT2D eigenvalue weighted by molar-refractivity contribution is 7.07. The molecule has 0 bridgehead atoms. The van der Waals surface area contributed by atoms with E-state index in [9.17, 15) is 0 Å². The summed E-state index contributed by atoms with van der Waals surface area (Å²) in [6.07, 6.45) is 2.39. The molecule has 0 saturated carbocycles. The van der Waals surface area contributed by atoms with Crippen LogP contribution in [0, 0.1) is 6.92 Å². The molecule has 2 heteroatoms. The van der Waals surface area contributed by atoms with E-state index in [2.05, 4.69) is 46.8 Å². The Morgan fingerprint density at radius 1 is 1.22 bits per heavy atom. The monoisotopic (exact) mass is 257 g/mol. The number of thiophene rings is 1. The van der Waals surface area contributed by atoms with Crippen LogP contribution in [0.5, 0.6) is 0 Å². The third-order valence-electron chi connectivity index (χ3n) is 3.75. The fraction of sp³-hybridized carbons (Fsp3) is 0.375. The number of rotatable bonds is 3. The van der Waals surface area contributed by atoms with Crippen molar-refractivity contribution in [1.82, 2.24) is 4.90 Å². The molecule has 0 radical (unpaired) electrons. The zero-order chi connectivity index (χ0) is 12.4. The highest BCUT2D eigenvalue weighted by Crippen LogP contribution is 2.20. The van der Waals surface area contributed by atoms with Gasteiger partial charge in [-0.1, -0.05) is 23.8 Å². The zero-order valence-corrected chi connectivity index (χ0v) is 11.7. The number of fused-ring (bicyclic) bond motifs is 1. The van der Waals surface area contributed by atoms with Crippen molar-refractivity contribution in [3.63, 3.8) is 0 Å². The second-order valence-corrected chi connectivity index (χ2v) is 5.96. The van der Waals surface area contributed by atoms with Crippen molar-refractivity contribution in [3.8, 4) is 0 Å². The summed E-state index contributed by atoms with van der Waals surface area (Å²) in [4.78, 5) is 2.58. The van der Waals surface area contributed by atoms with E-state index >= 15 is 0 Å². The highest BCUT2D eigenvalue weighted by atomic mass is 32.1. The van der Waals surface area contributed by atoms with Crippen molar-refractivity contribution in [1.29, 1.82) is 0 Å². The third kappa shape index (κ3) is 2.65. The predicted molar refractivity (Wildman–Crippen MR) is 78.2 cm³/mol.